The van der Waals surface area contributed by atoms with E-state index in [0.29, 0.717) is 11.3 Å². The van der Waals surface area contributed by atoms with Crippen molar-refractivity contribution in [1.82, 2.24) is 14.9 Å². The average Bonchev–Trinajstić information content (AvgIpc) is 2.71. The molecule has 1 N–H and O–H groups in total. The molecule has 1 amide bonds. The number of amides is 1. The lowest BCUT2D eigenvalue weighted by atomic mass is 10.2. The van der Waals surface area contributed by atoms with Crippen molar-refractivity contribution in [1.29, 1.82) is 0 Å². The Morgan fingerprint density at radius 1 is 1.47 bits per heavy atom. The van der Waals surface area contributed by atoms with Crippen molar-refractivity contribution in [2.75, 3.05) is 5.75 Å². The first-order chi connectivity index (χ1) is 8.11. The molecule has 1 saturated heterocycles. The molecule has 0 saturated carbocycles. The highest BCUT2D eigenvalue weighted by molar-refractivity contribution is 8.00. The van der Waals surface area contributed by atoms with E-state index in [1.807, 2.05) is 6.92 Å². The molecule has 17 heavy (non-hydrogen) atoms. The topological polar surface area (TPSA) is 83.4 Å². The van der Waals surface area contributed by atoms with Crippen LogP contribution in [0.3, 0.4) is 0 Å². The third-order valence-electron chi connectivity index (χ3n) is 2.55. The van der Waals surface area contributed by atoms with E-state index in [4.69, 9.17) is 5.11 Å². The largest absolute Gasteiger partial charge is 0.480 e. The van der Waals surface area contributed by atoms with E-state index in [1.165, 1.54) is 35.4 Å². The summed E-state index contributed by atoms with van der Waals surface area (Å²) >= 11 is 1.45. The molecule has 1 fully saturated rings. The molecule has 6 nitrogen and oxygen atoms in total. The van der Waals surface area contributed by atoms with Gasteiger partial charge in [0.2, 0.25) is 0 Å². The summed E-state index contributed by atoms with van der Waals surface area (Å²) in [5, 5.41) is 8.91. The van der Waals surface area contributed by atoms with Crippen LogP contribution in [0, 0.1) is 0 Å². The Labute approximate surface area is 102 Å². The number of carboxylic acid groups (broad SMARTS) is 1. The smallest absolute Gasteiger partial charge is 0.327 e. The molecule has 0 bridgehead atoms. The summed E-state index contributed by atoms with van der Waals surface area (Å²) < 4.78 is 0. The molecule has 2 rings (SSSR count). The molecule has 0 spiro atoms. The van der Waals surface area contributed by atoms with Gasteiger partial charge in [-0.05, 0) is 6.92 Å². The zero-order valence-corrected chi connectivity index (χ0v) is 9.92. The maximum Gasteiger partial charge on any atom is 0.327 e. The first-order valence-corrected chi connectivity index (χ1v) is 6.08. The minimum absolute atomic E-state index is 0.149. The van der Waals surface area contributed by atoms with Gasteiger partial charge in [-0.25, -0.2) is 14.8 Å². The molecule has 7 heteroatoms. The third kappa shape index (κ3) is 2.23. The van der Waals surface area contributed by atoms with Gasteiger partial charge in [0, 0.05) is 18.1 Å². The molecule has 90 valence electrons. The highest BCUT2D eigenvalue weighted by atomic mass is 32.2. The van der Waals surface area contributed by atoms with Crippen molar-refractivity contribution in [3.63, 3.8) is 0 Å². The molecular weight excluding hydrogens is 242 g/mol. The van der Waals surface area contributed by atoms with Gasteiger partial charge in [0.1, 0.15) is 12.4 Å². The van der Waals surface area contributed by atoms with Crippen LogP contribution in [0.15, 0.2) is 18.7 Å². The van der Waals surface area contributed by atoms with Crippen molar-refractivity contribution >= 4 is 23.6 Å². The molecule has 0 radical (unpaired) electrons. The summed E-state index contributed by atoms with van der Waals surface area (Å²) in [6.07, 6.45) is 4.11. The Balaban J connectivity index is 2.26. The monoisotopic (exact) mass is 253 g/mol. The van der Waals surface area contributed by atoms with Crippen LogP contribution in [0.25, 0.3) is 0 Å². The van der Waals surface area contributed by atoms with Gasteiger partial charge in [-0.15, -0.1) is 11.8 Å². The zero-order valence-electron chi connectivity index (χ0n) is 9.11. The predicted octanol–water partition coefficient (Wildman–Crippen LogP) is 0.465. The molecule has 2 heterocycles. The van der Waals surface area contributed by atoms with Crippen LogP contribution in [0.1, 0.15) is 17.3 Å². The first kappa shape index (κ1) is 11.8. The highest BCUT2D eigenvalue weighted by Gasteiger charge is 2.39. The van der Waals surface area contributed by atoms with Crippen molar-refractivity contribution in [3.05, 3.63) is 24.3 Å². The van der Waals surface area contributed by atoms with Crippen LogP contribution in [0.4, 0.5) is 0 Å². The van der Waals surface area contributed by atoms with E-state index in [-0.39, 0.29) is 11.3 Å². The SMILES string of the molecule is CC1SCC(C(=O)O)N1C(=O)c1cncnc1. The number of aliphatic carboxylic acids is 1. The number of carboxylic acids is 1. The number of aromatic nitrogens is 2. The van der Waals surface area contributed by atoms with E-state index in [1.54, 1.807) is 0 Å². The fourth-order valence-electron chi connectivity index (χ4n) is 1.70. The van der Waals surface area contributed by atoms with Gasteiger partial charge in [-0.3, -0.25) is 4.79 Å². The summed E-state index contributed by atoms with van der Waals surface area (Å²) in [4.78, 5) is 32.1. The second kappa shape index (κ2) is 4.70. The van der Waals surface area contributed by atoms with Gasteiger partial charge in [0.05, 0.1) is 10.9 Å². The summed E-state index contributed by atoms with van der Waals surface area (Å²) in [5.41, 5.74) is 0.313. The van der Waals surface area contributed by atoms with Gasteiger partial charge in [-0.2, -0.15) is 0 Å². The lowest BCUT2D eigenvalue weighted by molar-refractivity contribution is -0.141. The fraction of sp³-hybridized carbons (Fsp3) is 0.400. The number of carbonyl (C=O) groups is 2. The number of hydrogen-bond donors (Lipinski definition) is 1. The molecule has 2 unspecified atom stereocenters. The maximum atomic E-state index is 12.1. The van der Waals surface area contributed by atoms with Gasteiger partial charge in [0.25, 0.3) is 5.91 Å². The Morgan fingerprint density at radius 3 is 2.71 bits per heavy atom. The van der Waals surface area contributed by atoms with Crippen molar-refractivity contribution in [2.45, 2.75) is 18.3 Å². The van der Waals surface area contributed by atoms with E-state index in [9.17, 15) is 9.59 Å². The molecule has 2 atom stereocenters. The molecule has 0 aromatic carbocycles. The van der Waals surface area contributed by atoms with Gasteiger partial charge in [0.15, 0.2) is 0 Å². The van der Waals surface area contributed by atoms with Crippen LogP contribution in [0.5, 0.6) is 0 Å². The van der Waals surface area contributed by atoms with Gasteiger partial charge >= 0.3 is 5.97 Å². The van der Waals surface area contributed by atoms with E-state index in [0.717, 1.165) is 0 Å². The quantitative estimate of drug-likeness (QED) is 0.824. The number of thioether (sulfide) groups is 1. The standard InChI is InChI=1S/C10H11N3O3S/c1-6-13(8(4-17-6)10(15)16)9(14)7-2-11-5-12-3-7/h2-3,5-6,8H,4H2,1H3,(H,15,16). The van der Waals surface area contributed by atoms with Gasteiger partial charge in [-0.1, -0.05) is 0 Å². The fourth-order valence-corrected chi connectivity index (χ4v) is 2.87. The minimum Gasteiger partial charge on any atom is -0.480 e. The number of carbonyl (C=O) groups excluding carboxylic acids is 1. The van der Waals surface area contributed by atoms with Crippen LogP contribution in [-0.4, -0.2) is 49.0 Å². The van der Waals surface area contributed by atoms with Crippen molar-refractivity contribution in [3.8, 4) is 0 Å². The first-order valence-electron chi connectivity index (χ1n) is 5.03. The summed E-state index contributed by atoms with van der Waals surface area (Å²) in [7, 11) is 0. The van der Waals surface area contributed by atoms with E-state index in [2.05, 4.69) is 9.97 Å². The second-order valence-electron chi connectivity index (χ2n) is 3.63. The Morgan fingerprint density at radius 2 is 2.12 bits per heavy atom. The van der Waals surface area contributed by atoms with Crippen LogP contribution in [0.2, 0.25) is 0 Å². The molecule has 1 aliphatic heterocycles. The van der Waals surface area contributed by atoms with Gasteiger partial charge < -0.3 is 10.0 Å². The van der Waals surface area contributed by atoms with Crippen LogP contribution in [-0.2, 0) is 4.79 Å². The molecule has 0 aliphatic carbocycles. The Hall–Kier alpha value is -1.63. The summed E-state index contributed by atoms with van der Waals surface area (Å²) in [6.45, 7) is 1.81. The lowest BCUT2D eigenvalue weighted by Crippen LogP contribution is -2.44. The second-order valence-corrected chi connectivity index (χ2v) is 4.98. The third-order valence-corrected chi connectivity index (χ3v) is 3.77. The number of rotatable bonds is 2. The Bertz CT molecular complexity index is 440. The van der Waals surface area contributed by atoms with E-state index < -0.39 is 12.0 Å². The Kier molecular flexibility index (Phi) is 3.28. The average molecular weight is 253 g/mol. The molecule has 1 aromatic rings. The van der Waals surface area contributed by atoms with Crippen molar-refractivity contribution < 1.29 is 14.7 Å². The molecule has 1 aromatic heterocycles. The number of hydrogen-bond acceptors (Lipinski definition) is 5. The van der Waals surface area contributed by atoms with E-state index >= 15 is 0 Å². The van der Waals surface area contributed by atoms with Crippen LogP contribution < -0.4 is 0 Å². The predicted molar refractivity (Wildman–Crippen MR) is 61.5 cm³/mol. The highest BCUT2D eigenvalue weighted by Crippen LogP contribution is 2.30. The van der Waals surface area contributed by atoms with Crippen molar-refractivity contribution in [2.24, 2.45) is 0 Å². The number of nitrogens with zero attached hydrogens (tertiary/aromatic N) is 3. The molecular formula is C10H11N3O3S. The normalized spacial score (nSPS) is 23.7. The van der Waals surface area contributed by atoms with Crippen LogP contribution >= 0.6 is 11.8 Å². The minimum atomic E-state index is -0.980. The zero-order chi connectivity index (χ0) is 12.4. The summed E-state index contributed by atoms with van der Waals surface area (Å²) in [6, 6.07) is -0.775. The summed E-state index contributed by atoms with van der Waals surface area (Å²) in [5.74, 6) is -0.904. The maximum absolute atomic E-state index is 12.1. The lowest BCUT2D eigenvalue weighted by Gasteiger charge is -2.24. The molecule has 1 aliphatic rings.